The molecule has 3 aromatic rings. The van der Waals surface area contributed by atoms with Crippen LogP contribution in [0.4, 0.5) is 5.69 Å². The van der Waals surface area contributed by atoms with Gasteiger partial charge in [-0.05, 0) is 200 Å². The van der Waals surface area contributed by atoms with Gasteiger partial charge in [0, 0.05) is 18.6 Å². The van der Waals surface area contributed by atoms with Gasteiger partial charge >= 0.3 is 53.7 Å². The quantitative estimate of drug-likeness (QED) is 0.0220. The summed E-state index contributed by atoms with van der Waals surface area (Å²) in [6.45, 7) is 54.4. The molecule has 0 spiro atoms. The third-order valence-electron chi connectivity index (χ3n) is 19.8. The number of likely N-dealkylation sites (N-methyl/N-ethyl adjacent to an activating group) is 1. The summed E-state index contributed by atoms with van der Waals surface area (Å²) < 4.78 is 44.9. The van der Waals surface area contributed by atoms with Crippen LogP contribution < -0.4 is 0 Å². The number of esters is 9. The van der Waals surface area contributed by atoms with Gasteiger partial charge < -0.3 is 42.6 Å². The Hall–Kier alpha value is -7.75. The highest BCUT2D eigenvalue weighted by Crippen LogP contribution is 2.26. The Labute approximate surface area is 740 Å². The standard InChI is InChI=1S/C14H19NO4.C14H20O2.C13H18O2.3C11H22O2.C10H20O2.C9H17NO2.C7H14O2/c1-3-5-12(14(16)19-4-2)10-11-6-8-13(9-7-11)15(17)18;1-3-8-13(14(15)16-4-2)11-12-9-6-5-7-10-12;1-3-8-12(13(14)15-4-2)11-9-6-5-7-10-11;1-5-7-10(8-9(3)4)11(12)13-6-2;1-5-8-10(9(4)6-2)11(12)13-7-3;1-4-7-9-10(8-5-2)11(12)13-6-3;1-4-7-9(8-5-2)10(11)12-6-3;1-3-10-7-5-6-8(10)9(11)12-4-2;1-3-5-6-7(8)9-4-2/h6-9,12H,3-5,10H2,1-2H3;5-7,9-10,13H,3-4,8,11H2,1-2H3;5-7,9-10,12H,3-4,8H2,1-2H3;2*9-10H,5-8H2,1-4H3;10H,4-9H2,1-3H3;9H,4-8H2,1-3H3;8H,3-7H2,1-2H3;3-6H2,1-2H3/t12-;13-;;10-;9?,10-;10-;;;/m00.111.../s1. The summed E-state index contributed by atoms with van der Waals surface area (Å²) >= 11 is 0. The van der Waals surface area contributed by atoms with Crippen molar-refractivity contribution in [3.63, 3.8) is 0 Å². The van der Waals surface area contributed by atoms with Crippen molar-refractivity contribution in [2.24, 2.45) is 47.3 Å². The van der Waals surface area contributed by atoms with Gasteiger partial charge in [0.15, 0.2) is 0 Å². The number of nitro groups is 1. The van der Waals surface area contributed by atoms with E-state index >= 15 is 0 Å². The Morgan fingerprint density at radius 1 is 0.385 bits per heavy atom. The molecule has 1 aliphatic rings. The van der Waals surface area contributed by atoms with Gasteiger partial charge in [0.25, 0.3) is 5.69 Å². The monoisotopic (exact) mass is 1720 g/mol. The Morgan fingerprint density at radius 2 is 0.746 bits per heavy atom. The Bertz CT molecular complexity index is 3020. The lowest BCUT2D eigenvalue weighted by Gasteiger charge is -2.20. The zero-order valence-corrected chi connectivity index (χ0v) is 81.0. The minimum absolute atomic E-state index is 0.00204. The number of likely N-dealkylation sites (tertiary alicyclic amines) is 1. The Kier molecular flexibility index (Phi) is 86.0. The number of hydrogen-bond donors (Lipinski definition) is 0. The van der Waals surface area contributed by atoms with Crippen LogP contribution >= 0.6 is 0 Å². The van der Waals surface area contributed by atoms with E-state index in [9.17, 15) is 53.3 Å². The van der Waals surface area contributed by atoms with Crippen LogP contribution in [0, 0.1) is 57.5 Å². The number of nitro benzene ring substituents is 1. The van der Waals surface area contributed by atoms with Crippen molar-refractivity contribution >= 4 is 59.4 Å². The molecule has 704 valence electrons. The van der Waals surface area contributed by atoms with Crippen LogP contribution in [0.5, 0.6) is 0 Å². The van der Waals surface area contributed by atoms with E-state index in [2.05, 4.69) is 114 Å². The van der Waals surface area contributed by atoms with Crippen molar-refractivity contribution in [2.45, 2.75) is 358 Å². The molecule has 0 aliphatic carbocycles. The maximum atomic E-state index is 11.8. The van der Waals surface area contributed by atoms with Gasteiger partial charge in [0.05, 0.1) is 106 Å². The first-order valence-corrected chi connectivity index (χ1v) is 47.1. The molecule has 122 heavy (non-hydrogen) atoms. The summed E-state index contributed by atoms with van der Waals surface area (Å²) in [6, 6.07) is 26.3. The largest absolute Gasteiger partial charge is 0.466 e. The molecule has 0 aromatic heterocycles. The fourth-order valence-corrected chi connectivity index (χ4v) is 13.4. The highest BCUT2D eigenvalue weighted by molar-refractivity contribution is 5.78. The maximum Gasteiger partial charge on any atom is 0.323 e. The average molecular weight is 1720 g/mol. The summed E-state index contributed by atoms with van der Waals surface area (Å²) in [5.41, 5.74) is 3.23. The first kappa shape index (κ1) is 123. The summed E-state index contributed by atoms with van der Waals surface area (Å²) in [7, 11) is 0. The molecule has 1 fully saturated rings. The normalized spacial score (nSPS) is 13.3. The molecule has 3 unspecified atom stereocenters. The molecule has 0 saturated carbocycles. The molecule has 22 nitrogen and oxygen atoms in total. The van der Waals surface area contributed by atoms with Crippen LogP contribution in [0.1, 0.15) is 356 Å². The molecule has 3 aromatic carbocycles. The van der Waals surface area contributed by atoms with Crippen molar-refractivity contribution in [1.29, 1.82) is 0 Å². The third kappa shape index (κ3) is 64.1. The van der Waals surface area contributed by atoms with E-state index in [1.54, 1.807) is 19.1 Å². The second-order valence-electron chi connectivity index (χ2n) is 30.6. The van der Waals surface area contributed by atoms with Crippen LogP contribution in [-0.4, -0.2) is 142 Å². The van der Waals surface area contributed by atoms with Crippen molar-refractivity contribution in [1.82, 2.24) is 4.90 Å². The molecule has 1 heterocycles. The topological polar surface area (TPSA) is 283 Å². The summed E-state index contributed by atoms with van der Waals surface area (Å²) in [5.74, 6) is 0.730. The number of unbranched alkanes of at least 4 members (excludes halogenated alkanes) is 2. The van der Waals surface area contributed by atoms with Crippen molar-refractivity contribution in [3.8, 4) is 0 Å². The number of ether oxygens (including phenoxy) is 9. The zero-order valence-electron chi connectivity index (χ0n) is 81.0. The first-order valence-electron chi connectivity index (χ1n) is 47.1. The van der Waals surface area contributed by atoms with Crippen LogP contribution in [0.2, 0.25) is 0 Å². The highest BCUT2D eigenvalue weighted by Gasteiger charge is 2.31. The summed E-state index contributed by atoms with van der Waals surface area (Å²) in [6.07, 6.45) is 26.8. The van der Waals surface area contributed by atoms with Gasteiger partial charge in [-0.2, -0.15) is 0 Å². The van der Waals surface area contributed by atoms with Crippen LogP contribution in [0.25, 0.3) is 0 Å². The molecule has 1 saturated heterocycles. The Morgan fingerprint density at radius 3 is 1.12 bits per heavy atom. The van der Waals surface area contributed by atoms with E-state index in [1.807, 2.05) is 111 Å². The molecule has 8 atom stereocenters. The molecule has 0 radical (unpaired) electrons. The second-order valence-corrected chi connectivity index (χ2v) is 30.6. The van der Waals surface area contributed by atoms with Gasteiger partial charge in [-0.25, -0.2) is 0 Å². The van der Waals surface area contributed by atoms with Crippen LogP contribution in [0.3, 0.4) is 0 Å². The zero-order chi connectivity index (χ0) is 93.3. The van der Waals surface area contributed by atoms with Crippen molar-refractivity contribution in [3.05, 3.63) is 112 Å². The molecule has 22 heteroatoms. The average Bonchev–Trinajstić information content (AvgIpc) is 1.83. The third-order valence-corrected chi connectivity index (χ3v) is 19.8. The van der Waals surface area contributed by atoms with E-state index in [0.29, 0.717) is 84.1 Å². The molecule has 0 N–H and O–H groups in total. The fraction of sp³-hybridized carbons (Fsp3) is 0.730. The predicted molar refractivity (Wildman–Crippen MR) is 494 cm³/mol. The van der Waals surface area contributed by atoms with E-state index in [4.69, 9.17) is 42.6 Å². The number of benzene rings is 3. The highest BCUT2D eigenvalue weighted by atomic mass is 16.6. The lowest BCUT2D eigenvalue weighted by Crippen LogP contribution is -2.37. The minimum atomic E-state index is -0.432. The first-order chi connectivity index (χ1) is 58.5. The van der Waals surface area contributed by atoms with E-state index in [-0.39, 0.29) is 107 Å². The summed E-state index contributed by atoms with van der Waals surface area (Å²) in [4.78, 5) is 115. The van der Waals surface area contributed by atoms with Crippen LogP contribution in [0.15, 0.2) is 84.9 Å². The van der Waals surface area contributed by atoms with Gasteiger partial charge in [0.1, 0.15) is 6.04 Å². The smallest absolute Gasteiger partial charge is 0.323 e. The maximum absolute atomic E-state index is 11.8. The number of rotatable bonds is 50. The second kappa shape index (κ2) is 85.4. The molecule has 0 amide bonds. The molecule has 0 bridgehead atoms. The van der Waals surface area contributed by atoms with Gasteiger partial charge in [0.2, 0.25) is 0 Å². The van der Waals surface area contributed by atoms with Crippen LogP contribution in [-0.2, 0) is 98.6 Å². The number of non-ortho nitro benzene ring substituents is 1. The minimum Gasteiger partial charge on any atom is -0.466 e. The van der Waals surface area contributed by atoms with Gasteiger partial charge in [-0.1, -0.05) is 254 Å². The van der Waals surface area contributed by atoms with Gasteiger partial charge in [-0.15, -0.1) is 0 Å². The van der Waals surface area contributed by atoms with Gasteiger partial charge in [-0.3, -0.25) is 58.2 Å². The van der Waals surface area contributed by atoms with E-state index < -0.39 is 4.92 Å². The lowest BCUT2D eigenvalue weighted by atomic mass is 9.88. The van der Waals surface area contributed by atoms with E-state index in [1.165, 1.54) is 17.7 Å². The predicted octanol–water partition coefficient (Wildman–Crippen LogP) is 24.2. The molecule has 4 rings (SSSR count). The Balaban J connectivity index is -0.000000423. The molecule has 1 aliphatic heterocycles. The number of hydrogen-bond acceptors (Lipinski definition) is 21. The van der Waals surface area contributed by atoms with Crippen molar-refractivity contribution < 1.29 is 90.7 Å². The number of carbonyl (C=O) groups is 9. The number of carbonyl (C=O) groups excluding carboxylic acids is 9. The SMILES string of the molecule is CCCC(C(=O)OCC)c1ccccc1.CCCC(CCC)C(=O)OCC.CCCCC(=O)OCC.CCCC[C@@H](CCC)C(=O)OCC.CCC[C@@H](C(=O)OCC)C(C)CC.CCC[C@@H](Cc1ccc([N+](=O)[O-])cc1)C(=O)OCC.CCC[C@@H](Cc1ccccc1)C(=O)OCC.CCC[C@H](CC(C)C)C(=O)OCC.CCOC(=O)C1CCCN1CC. The van der Waals surface area contributed by atoms with Crippen molar-refractivity contribution in [2.75, 3.05) is 72.6 Å². The van der Waals surface area contributed by atoms with E-state index in [0.717, 1.165) is 191 Å². The lowest BCUT2D eigenvalue weighted by molar-refractivity contribution is -0.384. The number of nitrogens with zero attached hydrogens (tertiary/aromatic N) is 2. The molecular formula is C100H174N2O20. The fourth-order valence-electron chi connectivity index (χ4n) is 13.4. The molecular weight excluding hydrogens is 1550 g/mol. The summed E-state index contributed by atoms with van der Waals surface area (Å²) in [5, 5.41) is 10.6.